The van der Waals surface area contributed by atoms with E-state index in [-0.39, 0.29) is 18.1 Å². The fourth-order valence-corrected chi connectivity index (χ4v) is 2.44. The molecular formula is C18H20F2N2O3. The summed E-state index contributed by atoms with van der Waals surface area (Å²) in [7, 11) is 4.88. The predicted molar refractivity (Wildman–Crippen MR) is 90.9 cm³/mol. The molecule has 0 saturated heterocycles. The molecule has 0 aliphatic heterocycles. The van der Waals surface area contributed by atoms with Crippen LogP contribution < -0.4 is 14.8 Å². The number of ether oxygens (including phenoxy) is 2. The molecule has 1 amide bonds. The van der Waals surface area contributed by atoms with Crippen molar-refractivity contribution in [2.75, 3.05) is 33.1 Å². The average Bonchev–Trinajstić information content (AvgIpc) is 2.57. The lowest BCUT2D eigenvalue weighted by Crippen LogP contribution is -2.30. The third-order valence-corrected chi connectivity index (χ3v) is 3.54. The van der Waals surface area contributed by atoms with E-state index in [0.717, 1.165) is 17.7 Å². The van der Waals surface area contributed by atoms with Crippen molar-refractivity contribution in [1.82, 2.24) is 4.90 Å². The molecule has 7 heteroatoms. The van der Waals surface area contributed by atoms with E-state index in [1.54, 1.807) is 32.2 Å². The van der Waals surface area contributed by atoms with Crippen molar-refractivity contribution in [3.05, 3.63) is 53.6 Å². The van der Waals surface area contributed by atoms with Crippen LogP contribution in [0.2, 0.25) is 0 Å². The van der Waals surface area contributed by atoms with Crippen LogP contribution in [0, 0.1) is 11.6 Å². The van der Waals surface area contributed by atoms with Crippen LogP contribution in [0.25, 0.3) is 0 Å². The van der Waals surface area contributed by atoms with Crippen LogP contribution in [0.3, 0.4) is 0 Å². The van der Waals surface area contributed by atoms with Crippen LogP contribution in [0.1, 0.15) is 5.56 Å². The molecule has 0 aliphatic rings. The Labute approximate surface area is 145 Å². The maximum Gasteiger partial charge on any atom is 0.238 e. The average molecular weight is 350 g/mol. The Morgan fingerprint density at radius 2 is 1.88 bits per heavy atom. The number of nitrogens with one attached hydrogen (secondary N) is 1. The Morgan fingerprint density at radius 3 is 2.52 bits per heavy atom. The van der Waals surface area contributed by atoms with Crippen LogP contribution in [-0.2, 0) is 11.3 Å². The summed E-state index contributed by atoms with van der Waals surface area (Å²) in [5.74, 6) is -1.08. The summed E-state index contributed by atoms with van der Waals surface area (Å²) in [6.45, 7) is 0.519. The highest BCUT2D eigenvalue weighted by atomic mass is 19.2. The van der Waals surface area contributed by atoms with Gasteiger partial charge in [0.25, 0.3) is 0 Å². The minimum atomic E-state index is -1.01. The van der Waals surface area contributed by atoms with Crippen molar-refractivity contribution in [1.29, 1.82) is 0 Å². The summed E-state index contributed by atoms with van der Waals surface area (Å²) < 4.78 is 36.7. The van der Waals surface area contributed by atoms with Crippen molar-refractivity contribution in [3.63, 3.8) is 0 Å². The summed E-state index contributed by atoms with van der Waals surface area (Å²) in [4.78, 5) is 13.8. The first-order valence-corrected chi connectivity index (χ1v) is 7.58. The van der Waals surface area contributed by atoms with Gasteiger partial charge in [0.2, 0.25) is 5.91 Å². The van der Waals surface area contributed by atoms with Crippen LogP contribution in [0.4, 0.5) is 14.5 Å². The highest BCUT2D eigenvalue weighted by molar-refractivity contribution is 5.92. The van der Waals surface area contributed by atoms with Crippen LogP contribution in [0.5, 0.6) is 11.5 Å². The molecule has 0 heterocycles. The normalized spacial score (nSPS) is 10.6. The largest absolute Gasteiger partial charge is 0.493 e. The number of halogens is 2. The first-order chi connectivity index (χ1) is 11.9. The molecule has 0 atom stereocenters. The fraction of sp³-hybridized carbons (Fsp3) is 0.278. The molecule has 134 valence electrons. The van der Waals surface area contributed by atoms with Crippen molar-refractivity contribution in [2.45, 2.75) is 6.54 Å². The zero-order valence-electron chi connectivity index (χ0n) is 14.3. The van der Waals surface area contributed by atoms with E-state index in [9.17, 15) is 13.6 Å². The number of para-hydroxylation sites is 1. The van der Waals surface area contributed by atoms with Crippen molar-refractivity contribution >= 4 is 11.6 Å². The van der Waals surface area contributed by atoms with Gasteiger partial charge in [-0.1, -0.05) is 12.1 Å². The second kappa shape index (κ2) is 8.43. The molecule has 0 unspecified atom stereocenters. The number of hydrogen-bond acceptors (Lipinski definition) is 4. The SMILES string of the molecule is COc1cccc(CN(C)CC(=O)Nc2ccc(F)c(F)c2)c1OC. The lowest BCUT2D eigenvalue weighted by atomic mass is 10.1. The van der Waals surface area contributed by atoms with E-state index in [1.807, 2.05) is 12.1 Å². The van der Waals surface area contributed by atoms with Gasteiger partial charge in [0.1, 0.15) is 0 Å². The van der Waals surface area contributed by atoms with Gasteiger partial charge >= 0.3 is 0 Å². The molecule has 0 spiro atoms. The molecule has 25 heavy (non-hydrogen) atoms. The second-order valence-electron chi connectivity index (χ2n) is 5.50. The lowest BCUT2D eigenvalue weighted by Gasteiger charge is -2.19. The van der Waals surface area contributed by atoms with Crippen molar-refractivity contribution in [3.8, 4) is 11.5 Å². The van der Waals surface area contributed by atoms with E-state index in [1.165, 1.54) is 6.07 Å². The number of benzene rings is 2. The third-order valence-electron chi connectivity index (χ3n) is 3.54. The Morgan fingerprint density at radius 1 is 1.12 bits per heavy atom. The van der Waals surface area contributed by atoms with Gasteiger partial charge in [-0.2, -0.15) is 0 Å². The molecule has 0 fully saturated rings. The summed E-state index contributed by atoms with van der Waals surface area (Å²) in [5, 5.41) is 2.53. The standard InChI is InChI=1S/C18H20F2N2O3/c1-22(10-12-5-4-6-16(24-2)18(12)25-3)11-17(23)21-13-7-8-14(19)15(20)9-13/h4-9H,10-11H2,1-3H3,(H,21,23). The lowest BCUT2D eigenvalue weighted by molar-refractivity contribution is -0.117. The zero-order chi connectivity index (χ0) is 18.4. The monoisotopic (exact) mass is 350 g/mol. The first-order valence-electron chi connectivity index (χ1n) is 7.58. The Hall–Kier alpha value is -2.67. The van der Waals surface area contributed by atoms with Gasteiger partial charge in [0.15, 0.2) is 23.1 Å². The van der Waals surface area contributed by atoms with Gasteiger partial charge < -0.3 is 14.8 Å². The quantitative estimate of drug-likeness (QED) is 0.834. The number of anilines is 1. The summed E-state index contributed by atoms with van der Waals surface area (Å²) >= 11 is 0. The van der Waals surface area contributed by atoms with Gasteiger partial charge in [0, 0.05) is 23.9 Å². The van der Waals surface area contributed by atoms with Crippen LogP contribution in [0.15, 0.2) is 36.4 Å². The highest BCUT2D eigenvalue weighted by Gasteiger charge is 2.14. The molecule has 0 radical (unpaired) electrons. The topological polar surface area (TPSA) is 50.8 Å². The van der Waals surface area contributed by atoms with E-state index in [0.29, 0.717) is 18.0 Å². The number of hydrogen-bond donors (Lipinski definition) is 1. The Kier molecular flexibility index (Phi) is 6.30. The van der Waals surface area contributed by atoms with E-state index in [4.69, 9.17) is 9.47 Å². The molecule has 0 bridgehead atoms. The fourth-order valence-electron chi connectivity index (χ4n) is 2.44. The van der Waals surface area contributed by atoms with E-state index >= 15 is 0 Å². The Balaban J connectivity index is 1.99. The predicted octanol–water partition coefficient (Wildman–Crippen LogP) is 3.05. The number of carbonyl (C=O) groups is 1. The molecule has 2 rings (SSSR count). The maximum atomic E-state index is 13.2. The van der Waals surface area contributed by atoms with E-state index in [2.05, 4.69) is 5.32 Å². The molecule has 0 saturated carbocycles. The van der Waals surface area contributed by atoms with Gasteiger partial charge in [0.05, 0.1) is 20.8 Å². The van der Waals surface area contributed by atoms with Crippen LogP contribution >= 0.6 is 0 Å². The maximum absolute atomic E-state index is 13.2. The molecule has 2 aromatic rings. The number of methoxy groups -OCH3 is 2. The zero-order valence-corrected chi connectivity index (χ0v) is 14.3. The number of carbonyl (C=O) groups excluding carboxylic acids is 1. The van der Waals surface area contributed by atoms with Crippen molar-refractivity contribution in [2.24, 2.45) is 0 Å². The molecule has 0 aliphatic carbocycles. The molecular weight excluding hydrogens is 330 g/mol. The van der Waals surface area contributed by atoms with Gasteiger partial charge in [-0.15, -0.1) is 0 Å². The number of amides is 1. The van der Waals surface area contributed by atoms with Gasteiger partial charge in [-0.05, 0) is 25.2 Å². The minimum absolute atomic E-state index is 0.0688. The molecule has 0 aromatic heterocycles. The molecule has 1 N–H and O–H groups in total. The molecule has 5 nitrogen and oxygen atoms in total. The highest BCUT2D eigenvalue weighted by Crippen LogP contribution is 2.31. The Bertz CT molecular complexity index is 753. The number of likely N-dealkylation sites (N-methyl/N-ethyl adjacent to an activating group) is 1. The third kappa shape index (κ3) is 4.90. The summed E-state index contributed by atoms with van der Waals surface area (Å²) in [6.07, 6.45) is 0. The minimum Gasteiger partial charge on any atom is -0.493 e. The summed E-state index contributed by atoms with van der Waals surface area (Å²) in [5.41, 5.74) is 1.07. The van der Waals surface area contributed by atoms with Gasteiger partial charge in [-0.25, -0.2) is 8.78 Å². The number of rotatable bonds is 7. The molecule has 2 aromatic carbocycles. The van der Waals surface area contributed by atoms with E-state index < -0.39 is 11.6 Å². The summed E-state index contributed by atoms with van der Waals surface area (Å²) in [6, 6.07) is 8.73. The van der Waals surface area contributed by atoms with Crippen LogP contribution in [-0.4, -0.2) is 38.6 Å². The van der Waals surface area contributed by atoms with Crippen molar-refractivity contribution < 1.29 is 23.0 Å². The van der Waals surface area contributed by atoms with Gasteiger partial charge in [-0.3, -0.25) is 9.69 Å². The number of nitrogens with zero attached hydrogens (tertiary/aromatic N) is 1. The first kappa shape index (κ1) is 18.7. The second-order valence-corrected chi connectivity index (χ2v) is 5.50. The smallest absolute Gasteiger partial charge is 0.238 e.